The van der Waals surface area contributed by atoms with Gasteiger partial charge in [0.1, 0.15) is 5.82 Å². The fraction of sp³-hybridized carbons (Fsp3) is 0.300. The van der Waals surface area contributed by atoms with Gasteiger partial charge in [-0.1, -0.05) is 6.92 Å². The number of hydrogen-bond donors (Lipinski definition) is 1. The van der Waals surface area contributed by atoms with E-state index in [2.05, 4.69) is 18.3 Å². The van der Waals surface area contributed by atoms with Gasteiger partial charge in [-0.2, -0.15) is 5.26 Å². The molecule has 2 unspecified atom stereocenters. The van der Waals surface area contributed by atoms with Gasteiger partial charge in [0.25, 0.3) is 0 Å². The van der Waals surface area contributed by atoms with Crippen LogP contribution in [0.5, 0.6) is 0 Å². The predicted octanol–water partition coefficient (Wildman–Crippen LogP) is 4.24. The Morgan fingerprint density at radius 2 is 1.88 bits per heavy atom. The smallest absolute Gasteiger partial charge is 0.224 e. The molecule has 3 rings (SSSR count). The summed E-state index contributed by atoms with van der Waals surface area (Å²) in [6.07, 6.45) is 0. The number of amides is 1. The number of hydrogen-bond acceptors (Lipinski definition) is 3. The van der Waals surface area contributed by atoms with Crippen LogP contribution >= 0.6 is 0 Å². The lowest BCUT2D eigenvalue weighted by Crippen LogP contribution is -2.48. The van der Waals surface area contributed by atoms with Crippen molar-refractivity contribution in [3.63, 3.8) is 0 Å². The summed E-state index contributed by atoms with van der Waals surface area (Å²) < 4.78 is 13.9. The van der Waals surface area contributed by atoms with Gasteiger partial charge in [0.15, 0.2) is 0 Å². The lowest BCUT2D eigenvalue weighted by atomic mass is 9.82. The first-order valence-corrected chi connectivity index (χ1v) is 8.28. The maximum absolute atomic E-state index is 13.9. The Labute approximate surface area is 146 Å². The molecule has 0 radical (unpaired) electrons. The molecule has 0 fully saturated rings. The van der Waals surface area contributed by atoms with E-state index in [0.29, 0.717) is 5.56 Å². The summed E-state index contributed by atoms with van der Waals surface area (Å²) in [4.78, 5) is 13.9. The van der Waals surface area contributed by atoms with Gasteiger partial charge in [0.05, 0.1) is 17.7 Å². The third kappa shape index (κ3) is 3.08. The quantitative estimate of drug-likeness (QED) is 0.891. The van der Waals surface area contributed by atoms with Gasteiger partial charge < -0.3 is 10.2 Å². The van der Waals surface area contributed by atoms with Crippen LogP contribution in [-0.2, 0) is 4.79 Å². The minimum absolute atomic E-state index is 0.0219. The maximum Gasteiger partial charge on any atom is 0.224 e. The zero-order valence-corrected chi connectivity index (χ0v) is 14.5. The van der Waals surface area contributed by atoms with Gasteiger partial charge in [-0.3, -0.25) is 4.79 Å². The predicted molar refractivity (Wildman–Crippen MR) is 95.7 cm³/mol. The number of nitrogens with zero attached hydrogens (tertiary/aromatic N) is 2. The molecular weight excluding hydrogens is 317 g/mol. The zero-order valence-electron chi connectivity index (χ0n) is 14.5. The van der Waals surface area contributed by atoms with Crippen molar-refractivity contribution in [2.45, 2.75) is 32.9 Å². The van der Waals surface area contributed by atoms with Crippen LogP contribution in [0.2, 0.25) is 0 Å². The second kappa shape index (κ2) is 6.56. The Morgan fingerprint density at radius 3 is 2.48 bits per heavy atom. The van der Waals surface area contributed by atoms with E-state index in [-0.39, 0.29) is 29.7 Å². The lowest BCUT2D eigenvalue weighted by Gasteiger charge is -2.44. The molecule has 4 nitrogen and oxygen atoms in total. The Hall–Kier alpha value is -2.87. The summed E-state index contributed by atoms with van der Waals surface area (Å²) in [6, 6.07) is 13.7. The summed E-state index contributed by atoms with van der Waals surface area (Å²) in [5.74, 6) is -0.298. The van der Waals surface area contributed by atoms with Crippen LogP contribution in [0.15, 0.2) is 42.5 Å². The molecule has 3 atom stereocenters. The fourth-order valence-corrected chi connectivity index (χ4v) is 3.50. The molecule has 0 bridgehead atoms. The van der Waals surface area contributed by atoms with E-state index in [4.69, 9.17) is 5.26 Å². The van der Waals surface area contributed by atoms with Crippen molar-refractivity contribution in [2.75, 3.05) is 10.2 Å². The van der Waals surface area contributed by atoms with E-state index in [1.807, 2.05) is 19.1 Å². The molecule has 1 N–H and O–H groups in total. The molecule has 1 heterocycles. The standard InChI is InChI=1S/C20H20FN3O/c1-12-13(2)24(14(3)25)19-9-6-16(21)10-18(19)20(12)23-17-7-4-15(11-22)5-8-17/h4-10,12-13,20,23H,1-3H3/t12?,13-,20?/m0/s1. The van der Waals surface area contributed by atoms with Gasteiger partial charge in [-0.05, 0) is 49.4 Å². The van der Waals surface area contributed by atoms with E-state index in [1.165, 1.54) is 19.1 Å². The number of rotatable bonds is 2. The fourth-order valence-electron chi connectivity index (χ4n) is 3.50. The van der Waals surface area contributed by atoms with Crippen LogP contribution in [0.25, 0.3) is 0 Å². The number of carbonyl (C=O) groups excluding carboxylic acids is 1. The molecule has 5 heteroatoms. The first kappa shape index (κ1) is 17.0. The number of nitrogens with one attached hydrogen (secondary N) is 1. The Morgan fingerprint density at radius 1 is 1.20 bits per heavy atom. The molecular formula is C20H20FN3O. The Balaban J connectivity index is 2.03. The van der Waals surface area contributed by atoms with Crippen LogP contribution < -0.4 is 10.2 Å². The van der Waals surface area contributed by atoms with Crippen molar-refractivity contribution in [2.24, 2.45) is 5.92 Å². The number of carbonyl (C=O) groups is 1. The highest BCUT2D eigenvalue weighted by molar-refractivity contribution is 5.94. The third-order valence-electron chi connectivity index (χ3n) is 4.95. The van der Waals surface area contributed by atoms with E-state index < -0.39 is 0 Å². The van der Waals surface area contributed by atoms with Gasteiger partial charge in [-0.15, -0.1) is 0 Å². The number of fused-ring (bicyclic) bond motifs is 1. The molecule has 1 amide bonds. The first-order chi connectivity index (χ1) is 11.9. The molecule has 2 aromatic carbocycles. The van der Waals surface area contributed by atoms with E-state index in [0.717, 1.165) is 16.9 Å². The van der Waals surface area contributed by atoms with Gasteiger partial charge in [0, 0.05) is 35.8 Å². The second-order valence-electron chi connectivity index (χ2n) is 6.50. The minimum Gasteiger partial charge on any atom is -0.378 e. The SMILES string of the molecule is CC(=O)N1c2ccc(F)cc2C(Nc2ccc(C#N)cc2)C(C)[C@@H]1C. The summed E-state index contributed by atoms with van der Waals surface area (Å²) in [5.41, 5.74) is 2.95. The highest BCUT2D eigenvalue weighted by Gasteiger charge is 2.38. The molecule has 0 aliphatic carbocycles. The van der Waals surface area contributed by atoms with Crippen molar-refractivity contribution < 1.29 is 9.18 Å². The highest BCUT2D eigenvalue weighted by atomic mass is 19.1. The number of benzene rings is 2. The van der Waals surface area contributed by atoms with Crippen LogP contribution in [0.3, 0.4) is 0 Å². The lowest BCUT2D eigenvalue weighted by molar-refractivity contribution is -0.117. The number of anilines is 2. The molecule has 0 saturated carbocycles. The van der Waals surface area contributed by atoms with Gasteiger partial charge in [0.2, 0.25) is 5.91 Å². The Kier molecular flexibility index (Phi) is 4.45. The first-order valence-electron chi connectivity index (χ1n) is 8.28. The third-order valence-corrected chi connectivity index (χ3v) is 4.95. The molecule has 0 saturated heterocycles. The van der Waals surface area contributed by atoms with E-state index >= 15 is 0 Å². The van der Waals surface area contributed by atoms with Crippen LogP contribution in [-0.4, -0.2) is 11.9 Å². The maximum atomic E-state index is 13.9. The van der Waals surface area contributed by atoms with Crippen LogP contribution in [0.4, 0.5) is 15.8 Å². The molecule has 128 valence electrons. The summed E-state index contributed by atoms with van der Waals surface area (Å²) in [5, 5.41) is 12.4. The summed E-state index contributed by atoms with van der Waals surface area (Å²) in [7, 11) is 0. The van der Waals surface area contributed by atoms with E-state index in [1.54, 1.807) is 23.1 Å². The van der Waals surface area contributed by atoms with Crippen molar-refractivity contribution in [3.05, 3.63) is 59.4 Å². The van der Waals surface area contributed by atoms with Crippen molar-refractivity contribution >= 4 is 17.3 Å². The van der Waals surface area contributed by atoms with Crippen LogP contribution in [0.1, 0.15) is 37.9 Å². The minimum atomic E-state index is -0.323. The monoisotopic (exact) mass is 337 g/mol. The van der Waals surface area contributed by atoms with Gasteiger partial charge in [-0.25, -0.2) is 4.39 Å². The normalized spacial score (nSPS) is 22.0. The molecule has 1 aliphatic heterocycles. The van der Waals surface area contributed by atoms with Crippen molar-refractivity contribution in [3.8, 4) is 6.07 Å². The Bertz CT molecular complexity index is 841. The van der Waals surface area contributed by atoms with Gasteiger partial charge >= 0.3 is 0 Å². The molecule has 25 heavy (non-hydrogen) atoms. The highest BCUT2D eigenvalue weighted by Crippen LogP contribution is 2.42. The van der Waals surface area contributed by atoms with Crippen molar-refractivity contribution in [1.29, 1.82) is 5.26 Å². The summed E-state index contributed by atoms with van der Waals surface area (Å²) in [6.45, 7) is 5.59. The second-order valence-corrected chi connectivity index (χ2v) is 6.50. The zero-order chi connectivity index (χ0) is 18.1. The number of nitriles is 1. The average Bonchev–Trinajstić information content (AvgIpc) is 2.60. The largest absolute Gasteiger partial charge is 0.378 e. The average molecular weight is 337 g/mol. The molecule has 1 aliphatic rings. The summed E-state index contributed by atoms with van der Waals surface area (Å²) >= 11 is 0. The van der Waals surface area contributed by atoms with E-state index in [9.17, 15) is 9.18 Å². The van der Waals surface area contributed by atoms with Crippen molar-refractivity contribution in [1.82, 2.24) is 0 Å². The topological polar surface area (TPSA) is 56.1 Å². The molecule has 0 spiro atoms. The molecule has 0 aromatic heterocycles. The number of halogens is 1. The van der Waals surface area contributed by atoms with Crippen LogP contribution in [0, 0.1) is 23.1 Å². The molecule has 2 aromatic rings.